The Kier molecular flexibility index (Phi) is 6.40. The van der Waals surface area contributed by atoms with Gasteiger partial charge in [-0.3, -0.25) is 4.79 Å². The molecule has 0 aliphatic heterocycles. The third kappa shape index (κ3) is 5.76. The van der Waals surface area contributed by atoms with Crippen molar-refractivity contribution in [1.29, 1.82) is 0 Å². The molecule has 0 saturated heterocycles. The van der Waals surface area contributed by atoms with Crippen molar-refractivity contribution >= 4 is 11.9 Å². The smallest absolute Gasteiger partial charge is 0.220 e. The lowest BCUT2D eigenvalue weighted by Crippen LogP contribution is -2.30. The number of amides is 1. The summed E-state index contributed by atoms with van der Waals surface area (Å²) in [7, 11) is 0. The van der Waals surface area contributed by atoms with Crippen LogP contribution in [-0.4, -0.2) is 25.0 Å². The SMILES string of the molecule is Cc1cccc(C(C)(C)C)c1OCCNC(=O)CCC(=O)[O-]. The summed E-state index contributed by atoms with van der Waals surface area (Å²) in [5.74, 6) is -0.686. The molecule has 0 unspecified atom stereocenters. The summed E-state index contributed by atoms with van der Waals surface area (Å²) in [6.07, 6.45) is -0.335. The van der Waals surface area contributed by atoms with Crippen molar-refractivity contribution in [2.24, 2.45) is 0 Å². The van der Waals surface area contributed by atoms with Gasteiger partial charge in [0.1, 0.15) is 12.4 Å². The first-order valence-electron chi connectivity index (χ1n) is 7.41. The third-order valence-corrected chi connectivity index (χ3v) is 3.25. The van der Waals surface area contributed by atoms with E-state index in [9.17, 15) is 14.7 Å². The number of hydrogen-bond donors (Lipinski definition) is 1. The van der Waals surface area contributed by atoms with Gasteiger partial charge in [0.05, 0.1) is 6.54 Å². The number of carboxylic acid groups (broad SMARTS) is 1. The zero-order valence-electron chi connectivity index (χ0n) is 13.7. The van der Waals surface area contributed by atoms with Crippen LogP contribution in [0.4, 0.5) is 0 Å². The predicted octanol–water partition coefficient (Wildman–Crippen LogP) is 1.32. The summed E-state index contributed by atoms with van der Waals surface area (Å²) < 4.78 is 5.83. The lowest BCUT2D eigenvalue weighted by molar-refractivity contribution is -0.305. The van der Waals surface area contributed by atoms with Gasteiger partial charge in [0.2, 0.25) is 5.91 Å². The van der Waals surface area contributed by atoms with Gasteiger partial charge in [-0.05, 0) is 29.9 Å². The predicted molar refractivity (Wildman–Crippen MR) is 82.6 cm³/mol. The summed E-state index contributed by atoms with van der Waals surface area (Å²) in [6.45, 7) is 9.03. The average molecular weight is 306 g/mol. The second-order valence-corrected chi connectivity index (χ2v) is 6.27. The fraction of sp³-hybridized carbons (Fsp3) is 0.529. The normalized spacial score (nSPS) is 11.1. The van der Waals surface area contributed by atoms with Crippen molar-refractivity contribution in [2.45, 2.75) is 46.0 Å². The quantitative estimate of drug-likeness (QED) is 0.771. The maximum absolute atomic E-state index is 11.4. The number of aliphatic carboxylic acids is 1. The van der Waals surface area contributed by atoms with Crippen molar-refractivity contribution in [2.75, 3.05) is 13.2 Å². The number of carboxylic acids is 1. The minimum absolute atomic E-state index is 0.0287. The summed E-state index contributed by atoms with van der Waals surface area (Å²) in [6, 6.07) is 6.04. The van der Waals surface area contributed by atoms with Crippen molar-refractivity contribution in [3.8, 4) is 5.75 Å². The van der Waals surface area contributed by atoms with Gasteiger partial charge in [-0.15, -0.1) is 0 Å². The number of ether oxygens (including phenoxy) is 1. The van der Waals surface area contributed by atoms with Crippen LogP contribution in [-0.2, 0) is 15.0 Å². The van der Waals surface area contributed by atoms with Crippen LogP contribution in [0.25, 0.3) is 0 Å². The molecule has 1 amide bonds. The molecule has 0 aliphatic carbocycles. The summed E-state index contributed by atoms with van der Waals surface area (Å²) in [5, 5.41) is 12.9. The van der Waals surface area contributed by atoms with Gasteiger partial charge in [0.25, 0.3) is 0 Å². The zero-order chi connectivity index (χ0) is 16.8. The molecular weight excluding hydrogens is 282 g/mol. The fourth-order valence-electron chi connectivity index (χ4n) is 2.08. The first-order valence-corrected chi connectivity index (χ1v) is 7.41. The number of aryl methyl sites for hydroxylation is 1. The number of hydrogen-bond acceptors (Lipinski definition) is 4. The molecule has 0 atom stereocenters. The van der Waals surface area contributed by atoms with Crippen LogP contribution in [0.5, 0.6) is 5.75 Å². The Labute approximate surface area is 131 Å². The van der Waals surface area contributed by atoms with Crippen LogP contribution in [0.15, 0.2) is 18.2 Å². The highest BCUT2D eigenvalue weighted by molar-refractivity contribution is 5.79. The van der Waals surface area contributed by atoms with E-state index in [1.807, 2.05) is 25.1 Å². The second kappa shape index (κ2) is 7.82. The zero-order valence-corrected chi connectivity index (χ0v) is 13.7. The van der Waals surface area contributed by atoms with Gasteiger partial charge in [-0.1, -0.05) is 39.0 Å². The molecule has 0 saturated carbocycles. The Morgan fingerprint density at radius 3 is 2.50 bits per heavy atom. The highest BCUT2D eigenvalue weighted by atomic mass is 16.5. The number of carbonyl (C=O) groups excluding carboxylic acids is 2. The molecule has 0 bridgehead atoms. The van der Waals surface area contributed by atoms with Gasteiger partial charge in [0, 0.05) is 12.4 Å². The van der Waals surface area contributed by atoms with E-state index >= 15 is 0 Å². The molecule has 5 nitrogen and oxygen atoms in total. The van der Waals surface area contributed by atoms with Crippen molar-refractivity contribution in [1.82, 2.24) is 5.32 Å². The second-order valence-electron chi connectivity index (χ2n) is 6.27. The lowest BCUT2D eigenvalue weighted by atomic mass is 9.85. The topological polar surface area (TPSA) is 78.5 Å². The Morgan fingerprint density at radius 2 is 1.91 bits per heavy atom. The molecule has 1 aromatic rings. The van der Waals surface area contributed by atoms with Crippen LogP contribution >= 0.6 is 0 Å². The molecule has 1 aromatic carbocycles. The highest BCUT2D eigenvalue weighted by Crippen LogP contribution is 2.33. The van der Waals surface area contributed by atoms with Gasteiger partial charge >= 0.3 is 0 Å². The molecule has 0 fully saturated rings. The Balaban J connectivity index is 2.52. The van der Waals surface area contributed by atoms with Gasteiger partial charge in [-0.2, -0.15) is 0 Å². The molecule has 0 radical (unpaired) electrons. The highest BCUT2D eigenvalue weighted by Gasteiger charge is 2.20. The van der Waals surface area contributed by atoms with Gasteiger partial charge < -0.3 is 20.0 Å². The molecule has 1 rings (SSSR count). The number of para-hydroxylation sites is 1. The molecule has 1 N–H and O–H groups in total. The third-order valence-electron chi connectivity index (χ3n) is 3.25. The summed E-state index contributed by atoms with van der Waals surface area (Å²) in [5.41, 5.74) is 2.14. The minimum Gasteiger partial charge on any atom is -0.550 e. The molecule has 22 heavy (non-hydrogen) atoms. The molecule has 5 heteroatoms. The first kappa shape index (κ1) is 18.0. The van der Waals surface area contributed by atoms with E-state index in [2.05, 4.69) is 26.1 Å². The van der Waals surface area contributed by atoms with E-state index in [1.165, 1.54) is 0 Å². The fourth-order valence-corrected chi connectivity index (χ4v) is 2.08. The summed E-state index contributed by atoms with van der Waals surface area (Å²) >= 11 is 0. The Bertz CT molecular complexity index is 532. The van der Waals surface area contributed by atoms with E-state index in [0.717, 1.165) is 16.9 Å². The van der Waals surface area contributed by atoms with Crippen molar-refractivity contribution in [3.05, 3.63) is 29.3 Å². The maximum atomic E-state index is 11.4. The standard InChI is InChI=1S/C17H25NO4/c1-12-6-5-7-13(17(2,3)4)16(12)22-11-10-18-14(19)8-9-15(20)21/h5-7H,8-11H2,1-4H3,(H,18,19)(H,20,21)/p-1. The number of nitrogens with one attached hydrogen (secondary N) is 1. The van der Waals surface area contributed by atoms with Crippen LogP contribution < -0.4 is 15.2 Å². The van der Waals surface area contributed by atoms with Gasteiger partial charge in [0.15, 0.2) is 0 Å². The Hall–Kier alpha value is -2.04. The van der Waals surface area contributed by atoms with E-state index in [1.54, 1.807) is 0 Å². The van der Waals surface area contributed by atoms with E-state index in [-0.39, 0.29) is 24.2 Å². The van der Waals surface area contributed by atoms with Crippen molar-refractivity contribution in [3.63, 3.8) is 0 Å². The van der Waals surface area contributed by atoms with Crippen LogP contribution in [0.2, 0.25) is 0 Å². The van der Waals surface area contributed by atoms with E-state index in [0.29, 0.717) is 13.2 Å². The molecule has 0 aromatic heterocycles. The van der Waals surface area contributed by atoms with Crippen LogP contribution in [0.1, 0.15) is 44.7 Å². The molecule has 122 valence electrons. The molecule has 0 spiro atoms. The van der Waals surface area contributed by atoms with E-state index < -0.39 is 5.97 Å². The monoisotopic (exact) mass is 306 g/mol. The number of rotatable bonds is 7. The van der Waals surface area contributed by atoms with Crippen LogP contribution in [0.3, 0.4) is 0 Å². The van der Waals surface area contributed by atoms with Crippen LogP contribution in [0, 0.1) is 6.92 Å². The lowest BCUT2D eigenvalue weighted by Gasteiger charge is -2.24. The molecule has 0 aliphatic rings. The first-order chi connectivity index (χ1) is 10.2. The van der Waals surface area contributed by atoms with Crippen molar-refractivity contribution < 1.29 is 19.4 Å². The summed E-state index contributed by atoms with van der Waals surface area (Å²) in [4.78, 5) is 21.7. The maximum Gasteiger partial charge on any atom is 0.220 e. The van der Waals surface area contributed by atoms with E-state index in [4.69, 9.17) is 4.74 Å². The minimum atomic E-state index is -1.22. The number of carbonyl (C=O) groups is 2. The Morgan fingerprint density at radius 1 is 1.23 bits per heavy atom. The van der Waals surface area contributed by atoms with Gasteiger partial charge in [-0.25, -0.2) is 0 Å². The average Bonchev–Trinajstić information content (AvgIpc) is 2.41. The molecular formula is C17H24NO4-. The number of benzene rings is 1. The molecule has 0 heterocycles. The largest absolute Gasteiger partial charge is 0.550 e.